The predicted octanol–water partition coefficient (Wildman–Crippen LogP) is 2.30. The van der Waals surface area contributed by atoms with Crippen LogP contribution in [0.5, 0.6) is 0 Å². The number of thioether (sulfide) groups is 1. The number of hydrogen-bond donors (Lipinski definition) is 1. The zero-order valence-corrected chi connectivity index (χ0v) is 15.5. The maximum absolute atomic E-state index is 11.8. The minimum atomic E-state index is 0.0878. The fourth-order valence-corrected chi connectivity index (χ4v) is 5.04. The first-order chi connectivity index (χ1) is 11.0. The van der Waals surface area contributed by atoms with Crippen LogP contribution in [-0.4, -0.2) is 60.7 Å². The van der Waals surface area contributed by atoms with Crippen molar-refractivity contribution in [2.45, 2.75) is 44.8 Å². The number of ether oxygens (including phenoxy) is 1. The lowest BCUT2D eigenvalue weighted by atomic mass is 9.73. The number of nitrogens with one attached hydrogen (secondary N) is 1. The maximum atomic E-state index is 11.8. The molecule has 3 saturated heterocycles. The van der Waals surface area contributed by atoms with Crippen LogP contribution in [-0.2, 0) is 9.53 Å². The van der Waals surface area contributed by atoms with Gasteiger partial charge < -0.3 is 10.1 Å². The topological polar surface area (TPSA) is 41.6 Å². The third-order valence-electron chi connectivity index (χ3n) is 5.66. The summed E-state index contributed by atoms with van der Waals surface area (Å²) >= 11 is 1.58. The van der Waals surface area contributed by atoms with E-state index in [4.69, 9.17) is 4.74 Å². The maximum Gasteiger partial charge on any atom is 0.229 e. The van der Waals surface area contributed by atoms with E-state index in [9.17, 15) is 4.79 Å². The van der Waals surface area contributed by atoms with Crippen molar-refractivity contribution in [3.63, 3.8) is 0 Å². The molecule has 23 heavy (non-hydrogen) atoms. The third kappa shape index (κ3) is 3.62. The van der Waals surface area contributed by atoms with Crippen molar-refractivity contribution in [2.75, 3.05) is 38.2 Å². The molecule has 5 heteroatoms. The molecule has 0 radical (unpaired) electrons. The molecule has 3 aliphatic heterocycles. The van der Waals surface area contributed by atoms with Crippen molar-refractivity contribution in [3.8, 4) is 0 Å². The Morgan fingerprint density at radius 3 is 3.04 bits per heavy atom. The molecular weight excluding hydrogens is 308 g/mol. The first-order valence-corrected chi connectivity index (χ1v) is 10.2. The van der Waals surface area contributed by atoms with Gasteiger partial charge in [0.25, 0.3) is 0 Å². The molecular formula is C18H30N2O2S. The Hall–Kier alpha value is -0.520. The van der Waals surface area contributed by atoms with Crippen LogP contribution < -0.4 is 5.32 Å². The molecule has 3 fully saturated rings. The number of allylic oxidation sites excluding steroid dienone is 1. The highest BCUT2D eigenvalue weighted by atomic mass is 32.2. The summed E-state index contributed by atoms with van der Waals surface area (Å²) in [5.74, 6) is 1.82. The number of hydrogen-bond acceptors (Lipinski definition) is 4. The average molecular weight is 339 g/mol. The van der Waals surface area contributed by atoms with Crippen LogP contribution in [0.4, 0.5) is 0 Å². The Labute approximate surface area is 144 Å². The van der Waals surface area contributed by atoms with Crippen molar-refractivity contribution < 1.29 is 9.53 Å². The molecule has 130 valence electrons. The highest BCUT2D eigenvalue weighted by Gasteiger charge is 2.62. The Kier molecular flexibility index (Phi) is 5.39. The van der Waals surface area contributed by atoms with Crippen LogP contribution in [0.15, 0.2) is 11.6 Å². The molecule has 3 aliphatic rings. The average Bonchev–Trinajstić information content (AvgIpc) is 3.12. The summed E-state index contributed by atoms with van der Waals surface area (Å²) in [5.41, 5.74) is 1.49. The number of rotatable bonds is 7. The zero-order chi connectivity index (χ0) is 16.4. The summed E-state index contributed by atoms with van der Waals surface area (Å²) in [7, 11) is 0. The highest BCUT2D eigenvalue weighted by molar-refractivity contribution is 7.99. The second kappa shape index (κ2) is 7.16. The van der Waals surface area contributed by atoms with Gasteiger partial charge in [0, 0.05) is 38.0 Å². The van der Waals surface area contributed by atoms with Gasteiger partial charge in [-0.3, -0.25) is 9.69 Å². The number of fused-ring (bicyclic) bond motifs is 1. The summed E-state index contributed by atoms with van der Waals surface area (Å²) in [5, 5.41) is 3.12. The molecule has 4 atom stereocenters. The van der Waals surface area contributed by atoms with Gasteiger partial charge in [0.2, 0.25) is 5.91 Å². The van der Waals surface area contributed by atoms with Crippen LogP contribution in [0.2, 0.25) is 0 Å². The fraction of sp³-hybridized carbons (Fsp3) is 0.833. The lowest BCUT2D eigenvalue weighted by Crippen LogP contribution is -2.42. The van der Waals surface area contributed by atoms with Gasteiger partial charge in [-0.05, 0) is 39.4 Å². The quantitative estimate of drug-likeness (QED) is 0.723. The van der Waals surface area contributed by atoms with Gasteiger partial charge in [0.15, 0.2) is 0 Å². The van der Waals surface area contributed by atoms with Crippen molar-refractivity contribution in [2.24, 2.45) is 11.8 Å². The van der Waals surface area contributed by atoms with Gasteiger partial charge in [-0.1, -0.05) is 11.6 Å². The van der Waals surface area contributed by atoms with Gasteiger partial charge in [-0.15, -0.1) is 0 Å². The first kappa shape index (κ1) is 17.3. The predicted molar refractivity (Wildman–Crippen MR) is 95.7 cm³/mol. The van der Waals surface area contributed by atoms with Crippen molar-refractivity contribution in [1.29, 1.82) is 0 Å². The second-order valence-corrected chi connectivity index (χ2v) is 8.44. The Balaban J connectivity index is 1.56. The highest BCUT2D eigenvalue weighted by Crippen LogP contribution is 2.54. The molecule has 4 nitrogen and oxygen atoms in total. The van der Waals surface area contributed by atoms with Gasteiger partial charge in [-0.2, -0.15) is 11.8 Å². The van der Waals surface area contributed by atoms with Crippen LogP contribution >= 0.6 is 11.8 Å². The minimum Gasteiger partial charge on any atom is -0.370 e. The van der Waals surface area contributed by atoms with Crippen molar-refractivity contribution in [3.05, 3.63) is 11.6 Å². The zero-order valence-electron chi connectivity index (χ0n) is 14.6. The largest absolute Gasteiger partial charge is 0.370 e. The van der Waals surface area contributed by atoms with E-state index in [1.165, 1.54) is 18.4 Å². The van der Waals surface area contributed by atoms with Crippen LogP contribution in [0.25, 0.3) is 0 Å². The number of carbonyl (C=O) groups excluding carboxylic acids is 1. The molecule has 0 aromatic rings. The van der Waals surface area contributed by atoms with Crippen molar-refractivity contribution >= 4 is 17.7 Å². The Morgan fingerprint density at radius 1 is 1.48 bits per heavy atom. The minimum absolute atomic E-state index is 0.0878. The van der Waals surface area contributed by atoms with E-state index in [1.54, 1.807) is 11.8 Å². The molecule has 0 unspecified atom stereocenters. The Morgan fingerprint density at radius 2 is 2.30 bits per heavy atom. The smallest absolute Gasteiger partial charge is 0.229 e. The molecule has 0 aromatic heterocycles. The molecule has 3 heterocycles. The molecule has 0 aromatic carbocycles. The van der Waals surface area contributed by atoms with E-state index in [-0.39, 0.29) is 11.5 Å². The monoisotopic (exact) mass is 338 g/mol. The van der Waals surface area contributed by atoms with E-state index < -0.39 is 0 Å². The molecule has 1 amide bonds. The van der Waals surface area contributed by atoms with E-state index >= 15 is 0 Å². The summed E-state index contributed by atoms with van der Waals surface area (Å²) < 4.78 is 6.43. The lowest BCUT2D eigenvalue weighted by Gasteiger charge is -2.29. The standard InChI is InChI=1S/C18H30N2O2S/c1-13(2)5-4-8-20-10-15-14(9-19-17(21)11-23-3)16-6-7-18(15,12-20)22-16/h5,14-16H,4,6-12H2,1-3H3,(H,19,21)/t14-,15+,16+,18+/m0/s1. The van der Waals surface area contributed by atoms with E-state index in [0.717, 1.165) is 32.6 Å². The molecule has 0 saturated carbocycles. The first-order valence-electron chi connectivity index (χ1n) is 8.83. The molecule has 0 aliphatic carbocycles. The van der Waals surface area contributed by atoms with Crippen LogP contribution in [0, 0.1) is 11.8 Å². The molecule has 1 spiro atoms. The summed E-state index contributed by atoms with van der Waals surface area (Å²) in [6, 6.07) is 0. The molecule has 2 bridgehead atoms. The number of carbonyl (C=O) groups is 1. The SMILES string of the molecule is CSCC(=O)NC[C@H]1[C@H]2CN(CCC=C(C)C)C[C@]23CC[C@H]1O3. The van der Waals surface area contributed by atoms with Gasteiger partial charge in [0.05, 0.1) is 17.5 Å². The Bertz CT molecular complexity index is 478. The van der Waals surface area contributed by atoms with E-state index in [0.29, 0.717) is 23.7 Å². The van der Waals surface area contributed by atoms with Gasteiger partial charge >= 0.3 is 0 Å². The van der Waals surface area contributed by atoms with Gasteiger partial charge in [-0.25, -0.2) is 0 Å². The summed E-state index contributed by atoms with van der Waals surface area (Å²) in [6.07, 6.45) is 8.16. The number of amides is 1. The molecule has 1 N–H and O–H groups in total. The lowest BCUT2D eigenvalue weighted by molar-refractivity contribution is -0.118. The molecule has 3 rings (SSSR count). The summed E-state index contributed by atoms with van der Waals surface area (Å²) in [4.78, 5) is 14.3. The third-order valence-corrected chi connectivity index (χ3v) is 6.21. The van der Waals surface area contributed by atoms with Crippen molar-refractivity contribution in [1.82, 2.24) is 10.2 Å². The number of likely N-dealkylation sites (tertiary alicyclic amines) is 1. The summed E-state index contributed by atoms with van der Waals surface area (Å²) in [6.45, 7) is 8.46. The normalized spacial score (nSPS) is 35.3. The van der Waals surface area contributed by atoms with E-state index in [2.05, 4.69) is 30.1 Å². The van der Waals surface area contributed by atoms with Crippen LogP contribution in [0.1, 0.15) is 33.1 Å². The fourth-order valence-electron chi connectivity index (χ4n) is 4.68. The number of nitrogens with zero attached hydrogens (tertiary/aromatic N) is 1. The van der Waals surface area contributed by atoms with Crippen LogP contribution in [0.3, 0.4) is 0 Å². The van der Waals surface area contributed by atoms with Gasteiger partial charge in [0.1, 0.15) is 0 Å². The van der Waals surface area contributed by atoms with E-state index in [1.807, 2.05) is 6.26 Å². The second-order valence-electron chi connectivity index (χ2n) is 7.57.